The van der Waals surface area contributed by atoms with Gasteiger partial charge in [0.05, 0.1) is 6.42 Å². The summed E-state index contributed by atoms with van der Waals surface area (Å²) < 4.78 is 14.3. The van der Waals surface area contributed by atoms with Crippen LogP contribution >= 0.6 is 11.6 Å². The van der Waals surface area contributed by atoms with Crippen LogP contribution in [0.25, 0.3) is 0 Å². The number of benzene rings is 3. The molecule has 3 aromatic carbocycles. The average molecular weight is 481 g/mol. The Hall–Kier alpha value is -3.18. The number of hydrogen-bond acceptors (Lipinski definition) is 2. The van der Waals surface area contributed by atoms with Gasteiger partial charge in [-0.05, 0) is 41.3 Å². The summed E-state index contributed by atoms with van der Waals surface area (Å²) in [6.07, 6.45) is 2.03. The van der Waals surface area contributed by atoms with Gasteiger partial charge in [0.25, 0.3) is 0 Å². The van der Waals surface area contributed by atoms with E-state index in [0.717, 1.165) is 24.0 Å². The van der Waals surface area contributed by atoms with Gasteiger partial charge in [0.1, 0.15) is 11.9 Å². The Labute approximate surface area is 205 Å². The minimum atomic E-state index is -0.741. The zero-order chi connectivity index (χ0) is 24.3. The second kappa shape index (κ2) is 12.9. The Morgan fingerprint density at radius 2 is 1.62 bits per heavy atom. The number of nitrogens with one attached hydrogen (secondary N) is 1. The van der Waals surface area contributed by atoms with E-state index in [1.54, 1.807) is 35.2 Å². The highest BCUT2D eigenvalue weighted by atomic mass is 35.5. The standard InChI is InChI=1S/C28H30ClFN2O2/c1-2-3-17-31-28(34)26(18-21-9-5-4-6-10-21)32(20-22-13-15-24(29)16-14-22)27(33)19-23-11-7-8-12-25(23)30/h4-16,26H,2-3,17-20H2,1H3,(H,31,34). The number of halogens is 2. The van der Waals surface area contributed by atoms with Crippen molar-refractivity contribution in [2.24, 2.45) is 0 Å². The third kappa shape index (κ3) is 7.42. The first-order valence-corrected chi connectivity index (χ1v) is 11.9. The molecule has 0 radical (unpaired) electrons. The summed E-state index contributed by atoms with van der Waals surface area (Å²) in [4.78, 5) is 28.4. The predicted molar refractivity (Wildman–Crippen MR) is 134 cm³/mol. The van der Waals surface area contributed by atoms with Crippen molar-refractivity contribution in [3.05, 3.63) is 106 Å². The number of carbonyl (C=O) groups excluding carboxylic acids is 2. The molecule has 0 aliphatic rings. The van der Waals surface area contributed by atoms with E-state index in [0.29, 0.717) is 23.6 Å². The van der Waals surface area contributed by atoms with Crippen molar-refractivity contribution in [3.8, 4) is 0 Å². The summed E-state index contributed by atoms with van der Waals surface area (Å²) >= 11 is 6.04. The largest absolute Gasteiger partial charge is 0.354 e. The third-order valence-electron chi connectivity index (χ3n) is 5.67. The lowest BCUT2D eigenvalue weighted by Gasteiger charge is -2.32. The van der Waals surface area contributed by atoms with Crippen LogP contribution in [0.1, 0.15) is 36.5 Å². The third-order valence-corrected chi connectivity index (χ3v) is 5.92. The minimum Gasteiger partial charge on any atom is -0.354 e. The van der Waals surface area contributed by atoms with E-state index < -0.39 is 11.9 Å². The SMILES string of the molecule is CCCCNC(=O)C(Cc1ccccc1)N(Cc1ccc(Cl)cc1)C(=O)Cc1ccccc1F. The highest BCUT2D eigenvalue weighted by molar-refractivity contribution is 6.30. The van der Waals surface area contributed by atoms with Gasteiger partial charge in [-0.15, -0.1) is 0 Å². The number of amides is 2. The average Bonchev–Trinajstić information content (AvgIpc) is 2.84. The van der Waals surface area contributed by atoms with Gasteiger partial charge in [-0.3, -0.25) is 9.59 Å². The molecule has 0 spiro atoms. The van der Waals surface area contributed by atoms with E-state index in [9.17, 15) is 14.0 Å². The zero-order valence-corrected chi connectivity index (χ0v) is 20.1. The maximum absolute atomic E-state index is 14.3. The van der Waals surface area contributed by atoms with Gasteiger partial charge in [0.2, 0.25) is 11.8 Å². The van der Waals surface area contributed by atoms with Gasteiger partial charge in [-0.2, -0.15) is 0 Å². The first kappa shape index (κ1) is 25.4. The summed E-state index contributed by atoms with van der Waals surface area (Å²) in [6.45, 7) is 2.80. The van der Waals surface area contributed by atoms with Crippen LogP contribution in [0.4, 0.5) is 4.39 Å². The van der Waals surface area contributed by atoms with Crippen LogP contribution in [-0.4, -0.2) is 29.3 Å². The molecule has 0 aliphatic carbocycles. The van der Waals surface area contributed by atoms with Crippen LogP contribution in [0.2, 0.25) is 5.02 Å². The monoisotopic (exact) mass is 480 g/mol. The highest BCUT2D eigenvalue weighted by Crippen LogP contribution is 2.19. The second-order valence-electron chi connectivity index (χ2n) is 8.27. The Balaban J connectivity index is 1.94. The molecule has 1 atom stereocenters. The Morgan fingerprint density at radius 3 is 2.29 bits per heavy atom. The van der Waals surface area contributed by atoms with Gasteiger partial charge < -0.3 is 10.2 Å². The van der Waals surface area contributed by atoms with E-state index in [-0.39, 0.29) is 24.8 Å². The molecule has 2 amide bonds. The van der Waals surface area contributed by atoms with Crippen LogP contribution in [0.3, 0.4) is 0 Å². The molecular weight excluding hydrogens is 451 g/mol. The molecule has 0 saturated heterocycles. The molecule has 1 N–H and O–H groups in total. The normalized spacial score (nSPS) is 11.6. The minimum absolute atomic E-state index is 0.131. The smallest absolute Gasteiger partial charge is 0.243 e. The Kier molecular flexibility index (Phi) is 9.65. The highest BCUT2D eigenvalue weighted by Gasteiger charge is 2.30. The number of carbonyl (C=O) groups is 2. The topological polar surface area (TPSA) is 49.4 Å². The quantitative estimate of drug-likeness (QED) is 0.364. The molecule has 0 aromatic heterocycles. The Morgan fingerprint density at radius 1 is 0.941 bits per heavy atom. The molecule has 0 fully saturated rings. The van der Waals surface area contributed by atoms with Crippen LogP contribution in [0.5, 0.6) is 0 Å². The molecular formula is C28H30ClFN2O2. The molecule has 1 unspecified atom stereocenters. The molecule has 34 heavy (non-hydrogen) atoms. The summed E-state index contributed by atoms with van der Waals surface area (Å²) in [5.74, 6) is -0.964. The zero-order valence-electron chi connectivity index (χ0n) is 19.3. The van der Waals surface area contributed by atoms with Gasteiger partial charge in [0.15, 0.2) is 0 Å². The lowest BCUT2D eigenvalue weighted by molar-refractivity contribution is -0.140. The molecule has 0 heterocycles. The van der Waals surface area contributed by atoms with Crippen molar-refractivity contribution >= 4 is 23.4 Å². The fourth-order valence-electron chi connectivity index (χ4n) is 3.75. The fraction of sp³-hybridized carbons (Fsp3) is 0.286. The molecule has 6 heteroatoms. The van der Waals surface area contributed by atoms with Gasteiger partial charge in [-0.25, -0.2) is 4.39 Å². The van der Waals surface area contributed by atoms with Crippen LogP contribution in [0.15, 0.2) is 78.9 Å². The van der Waals surface area contributed by atoms with E-state index in [1.165, 1.54) is 6.07 Å². The van der Waals surface area contributed by atoms with Gasteiger partial charge >= 0.3 is 0 Å². The lowest BCUT2D eigenvalue weighted by Crippen LogP contribution is -2.51. The number of hydrogen-bond donors (Lipinski definition) is 1. The maximum atomic E-state index is 14.3. The summed E-state index contributed by atoms with van der Waals surface area (Å²) in [5.41, 5.74) is 2.09. The van der Waals surface area contributed by atoms with E-state index in [2.05, 4.69) is 12.2 Å². The van der Waals surface area contributed by atoms with Crippen molar-refractivity contribution in [2.75, 3.05) is 6.54 Å². The van der Waals surface area contributed by atoms with Crippen LogP contribution in [0, 0.1) is 5.82 Å². The lowest BCUT2D eigenvalue weighted by atomic mass is 10.0. The van der Waals surface area contributed by atoms with Crippen molar-refractivity contribution in [1.29, 1.82) is 0 Å². The first-order chi connectivity index (χ1) is 16.5. The van der Waals surface area contributed by atoms with E-state index >= 15 is 0 Å². The number of unbranched alkanes of at least 4 members (excludes halogenated alkanes) is 1. The molecule has 0 saturated carbocycles. The van der Waals surface area contributed by atoms with Crippen LogP contribution < -0.4 is 5.32 Å². The first-order valence-electron chi connectivity index (χ1n) is 11.6. The summed E-state index contributed by atoms with van der Waals surface area (Å²) in [6, 6.07) is 22.3. The van der Waals surface area contributed by atoms with Crippen molar-refractivity contribution < 1.29 is 14.0 Å². The van der Waals surface area contributed by atoms with Gasteiger partial charge in [0, 0.05) is 24.5 Å². The molecule has 3 aromatic rings. The summed E-state index contributed by atoms with van der Waals surface area (Å²) in [5, 5.41) is 3.57. The Bertz CT molecular complexity index is 1070. The predicted octanol–water partition coefficient (Wildman–Crippen LogP) is 5.58. The van der Waals surface area contributed by atoms with E-state index in [4.69, 9.17) is 11.6 Å². The van der Waals surface area contributed by atoms with Crippen molar-refractivity contribution in [1.82, 2.24) is 10.2 Å². The van der Waals surface area contributed by atoms with Crippen molar-refractivity contribution in [2.45, 2.75) is 45.2 Å². The van der Waals surface area contributed by atoms with E-state index in [1.807, 2.05) is 42.5 Å². The number of nitrogens with zero attached hydrogens (tertiary/aromatic N) is 1. The van der Waals surface area contributed by atoms with Gasteiger partial charge in [-0.1, -0.05) is 85.6 Å². The maximum Gasteiger partial charge on any atom is 0.243 e. The summed E-state index contributed by atoms with van der Waals surface area (Å²) in [7, 11) is 0. The molecule has 4 nitrogen and oxygen atoms in total. The molecule has 178 valence electrons. The molecule has 0 aliphatic heterocycles. The van der Waals surface area contributed by atoms with Crippen molar-refractivity contribution in [3.63, 3.8) is 0 Å². The fourth-order valence-corrected chi connectivity index (χ4v) is 3.88. The molecule has 0 bridgehead atoms. The van der Waals surface area contributed by atoms with Crippen LogP contribution in [-0.2, 0) is 29.0 Å². The number of rotatable bonds is 11. The second-order valence-corrected chi connectivity index (χ2v) is 8.70. The molecule has 3 rings (SSSR count).